The van der Waals surface area contributed by atoms with Gasteiger partial charge in [0.2, 0.25) is 15.9 Å². The minimum absolute atomic E-state index is 0.149. The first-order chi connectivity index (χ1) is 13.9. The fourth-order valence-electron chi connectivity index (χ4n) is 3.78. The Hall–Kier alpha value is -2.87. The molecule has 29 heavy (non-hydrogen) atoms. The normalized spacial score (nSPS) is 16.8. The van der Waals surface area contributed by atoms with Crippen LogP contribution in [-0.4, -0.2) is 36.2 Å². The molecule has 0 aliphatic carbocycles. The van der Waals surface area contributed by atoms with E-state index in [0.717, 1.165) is 23.3 Å². The Morgan fingerprint density at radius 1 is 1.17 bits per heavy atom. The third kappa shape index (κ3) is 3.60. The molecule has 0 saturated carbocycles. The van der Waals surface area contributed by atoms with Gasteiger partial charge < -0.3 is 9.88 Å². The molecule has 152 valence electrons. The van der Waals surface area contributed by atoms with Crippen molar-refractivity contribution in [1.82, 2.24) is 9.55 Å². The van der Waals surface area contributed by atoms with E-state index in [1.54, 1.807) is 24.3 Å². The summed E-state index contributed by atoms with van der Waals surface area (Å²) < 4.78 is 27.5. The van der Waals surface area contributed by atoms with Gasteiger partial charge in [0, 0.05) is 18.7 Å². The molecule has 1 aromatic heterocycles. The quantitative estimate of drug-likeness (QED) is 0.697. The SMILES string of the molecule is CCc1nc2ccccc2n1C(C)C(=O)Nc1ccc(N2CCCS2(=O)=O)cc1. The molecule has 8 heteroatoms. The van der Waals surface area contributed by atoms with Gasteiger partial charge in [0.15, 0.2) is 0 Å². The first-order valence-corrected chi connectivity index (χ1v) is 11.4. The number of fused-ring (bicyclic) bond motifs is 1. The Morgan fingerprint density at radius 2 is 1.90 bits per heavy atom. The van der Waals surface area contributed by atoms with Crippen molar-refractivity contribution in [2.24, 2.45) is 0 Å². The molecule has 1 amide bonds. The van der Waals surface area contributed by atoms with Gasteiger partial charge in [-0.25, -0.2) is 13.4 Å². The predicted octanol–water partition coefficient (Wildman–Crippen LogP) is 3.34. The summed E-state index contributed by atoms with van der Waals surface area (Å²) in [4.78, 5) is 17.5. The Kier molecular flexibility index (Phi) is 5.04. The van der Waals surface area contributed by atoms with Crippen molar-refractivity contribution in [3.63, 3.8) is 0 Å². The van der Waals surface area contributed by atoms with Crippen molar-refractivity contribution in [3.8, 4) is 0 Å². The standard InChI is InChI=1S/C21H24N4O3S/c1-3-20-23-18-7-4-5-8-19(18)25(20)15(2)21(26)22-16-9-11-17(12-10-16)24-13-6-14-29(24,27)28/h4-5,7-12,15H,3,6,13-14H2,1-2H3,(H,22,26). The molecule has 7 nitrogen and oxygen atoms in total. The number of nitrogens with one attached hydrogen (secondary N) is 1. The number of imidazole rings is 1. The molecule has 1 aliphatic heterocycles. The summed E-state index contributed by atoms with van der Waals surface area (Å²) in [6.45, 7) is 4.37. The van der Waals surface area contributed by atoms with Gasteiger partial charge in [-0.2, -0.15) is 0 Å². The minimum Gasteiger partial charge on any atom is -0.324 e. The number of nitrogens with zero attached hydrogens (tertiary/aromatic N) is 3. The van der Waals surface area contributed by atoms with Crippen LogP contribution in [0.25, 0.3) is 11.0 Å². The maximum atomic E-state index is 12.9. The fraction of sp³-hybridized carbons (Fsp3) is 0.333. The Labute approximate surface area is 170 Å². The number of hydrogen-bond donors (Lipinski definition) is 1. The molecule has 1 atom stereocenters. The average Bonchev–Trinajstić information content (AvgIpc) is 3.27. The number of sulfonamides is 1. The summed E-state index contributed by atoms with van der Waals surface area (Å²) in [6, 6.07) is 14.3. The topological polar surface area (TPSA) is 84.3 Å². The number of benzene rings is 2. The second-order valence-electron chi connectivity index (χ2n) is 7.19. The van der Waals surface area contributed by atoms with Gasteiger partial charge >= 0.3 is 0 Å². The number of anilines is 2. The molecule has 1 saturated heterocycles. The molecule has 2 aromatic carbocycles. The maximum absolute atomic E-state index is 12.9. The van der Waals surface area contributed by atoms with Crippen molar-refractivity contribution in [3.05, 3.63) is 54.4 Å². The van der Waals surface area contributed by atoms with E-state index in [2.05, 4.69) is 10.3 Å². The van der Waals surface area contributed by atoms with Crippen LogP contribution in [0.4, 0.5) is 11.4 Å². The fourth-order valence-corrected chi connectivity index (χ4v) is 5.34. The summed E-state index contributed by atoms with van der Waals surface area (Å²) in [7, 11) is -3.21. The van der Waals surface area contributed by atoms with Gasteiger partial charge in [0.25, 0.3) is 0 Å². The number of rotatable bonds is 5. The van der Waals surface area contributed by atoms with Crippen LogP contribution in [0.3, 0.4) is 0 Å². The van der Waals surface area contributed by atoms with Crippen LogP contribution >= 0.6 is 0 Å². The van der Waals surface area contributed by atoms with Crippen molar-refractivity contribution >= 4 is 38.3 Å². The number of amides is 1. The van der Waals surface area contributed by atoms with E-state index in [-0.39, 0.29) is 11.7 Å². The molecule has 1 aliphatic rings. The van der Waals surface area contributed by atoms with Gasteiger partial charge in [0.1, 0.15) is 11.9 Å². The zero-order valence-corrected chi connectivity index (χ0v) is 17.3. The lowest BCUT2D eigenvalue weighted by Crippen LogP contribution is -2.26. The average molecular weight is 413 g/mol. The highest BCUT2D eigenvalue weighted by Crippen LogP contribution is 2.26. The molecule has 1 N–H and O–H groups in total. The highest BCUT2D eigenvalue weighted by atomic mass is 32.2. The number of carbonyl (C=O) groups is 1. The maximum Gasteiger partial charge on any atom is 0.247 e. The zero-order valence-electron chi connectivity index (χ0n) is 16.5. The molecule has 2 heterocycles. The summed E-state index contributed by atoms with van der Waals surface area (Å²) in [6.07, 6.45) is 1.36. The van der Waals surface area contributed by atoms with Crippen molar-refractivity contribution in [2.45, 2.75) is 32.7 Å². The predicted molar refractivity (Wildman–Crippen MR) is 115 cm³/mol. The highest BCUT2D eigenvalue weighted by molar-refractivity contribution is 7.93. The molecule has 1 unspecified atom stereocenters. The molecule has 1 fully saturated rings. The largest absolute Gasteiger partial charge is 0.324 e. The van der Waals surface area contributed by atoms with Crippen LogP contribution in [0, 0.1) is 0 Å². The van der Waals surface area contributed by atoms with Crippen LogP contribution in [0.5, 0.6) is 0 Å². The number of carbonyl (C=O) groups excluding carboxylic acids is 1. The monoisotopic (exact) mass is 412 g/mol. The number of hydrogen-bond acceptors (Lipinski definition) is 4. The van der Waals surface area contributed by atoms with Crippen molar-refractivity contribution in [2.75, 3.05) is 21.9 Å². The molecule has 3 aromatic rings. The lowest BCUT2D eigenvalue weighted by Gasteiger charge is -2.19. The van der Waals surface area contributed by atoms with Gasteiger partial charge in [0.05, 0.1) is 22.5 Å². The minimum atomic E-state index is -3.21. The number of para-hydroxylation sites is 2. The van der Waals surface area contributed by atoms with Crippen molar-refractivity contribution in [1.29, 1.82) is 0 Å². The number of aromatic nitrogens is 2. The first kappa shape index (κ1) is 19.4. The number of aryl methyl sites for hydroxylation is 1. The van der Waals surface area contributed by atoms with E-state index < -0.39 is 16.1 Å². The Morgan fingerprint density at radius 3 is 2.55 bits per heavy atom. The molecule has 0 bridgehead atoms. The molecule has 0 radical (unpaired) electrons. The molecular weight excluding hydrogens is 388 g/mol. The second kappa shape index (κ2) is 7.51. The van der Waals surface area contributed by atoms with Crippen LogP contribution in [-0.2, 0) is 21.2 Å². The summed E-state index contributed by atoms with van der Waals surface area (Å²) >= 11 is 0. The van der Waals surface area contributed by atoms with E-state index in [4.69, 9.17) is 0 Å². The van der Waals surface area contributed by atoms with Crippen molar-refractivity contribution < 1.29 is 13.2 Å². The van der Waals surface area contributed by atoms with E-state index in [1.165, 1.54) is 4.31 Å². The second-order valence-corrected chi connectivity index (χ2v) is 9.21. The summed E-state index contributed by atoms with van der Waals surface area (Å²) in [5, 5.41) is 2.93. The van der Waals surface area contributed by atoms with Gasteiger partial charge in [-0.3, -0.25) is 9.10 Å². The van der Waals surface area contributed by atoms with Gasteiger partial charge in [-0.15, -0.1) is 0 Å². The van der Waals surface area contributed by atoms with E-state index in [9.17, 15) is 13.2 Å². The Balaban J connectivity index is 1.54. The zero-order chi connectivity index (χ0) is 20.6. The first-order valence-electron chi connectivity index (χ1n) is 9.78. The van der Waals surface area contributed by atoms with E-state index in [1.807, 2.05) is 42.7 Å². The molecule has 4 rings (SSSR count). The van der Waals surface area contributed by atoms with Gasteiger partial charge in [-0.05, 0) is 49.7 Å². The smallest absolute Gasteiger partial charge is 0.247 e. The summed E-state index contributed by atoms with van der Waals surface area (Å²) in [5.74, 6) is 0.898. The molecular formula is C21H24N4O3S. The lowest BCUT2D eigenvalue weighted by atomic mass is 10.2. The lowest BCUT2D eigenvalue weighted by molar-refractivity contribution is -0.118. The van der Waals surface area contributed by atoms with E-state index >= 15 is 0 Å². The third-order valence-corrected chi connectivity index (χ3v) is 7.14. The van der Waals surface area contributed by atoms with Crippen LogP contribution in [0.15, 0.2) is 48.5 Å². The highest BCUT2D eigenvalue weighted by Gasteiger charge is 2.28. The van der Waals surface area contributed by atoms with Gasteiger partial charge in [-0.1, -0.05) is 19.1 Å². The van der Waals surface area contributed by atoms with E-state index in [0.29, 0.717) is 24.3 Å². The van der Waals surface area contributed by atoms with Crippen LogP contribution in [0.2, 0.25) is 0 Å². The van der Waals surface area contributed by atoms with Crippen LogP contribution < -0.4 is 9.62 Å². The van der Waals surface area contributed by atoms with Crippen LogP contribution in [0.1, 0.15) is 32.1 Å². The molecule has 0 spiro atoms. The summed E-state index contributed by atoms with van der Waals surface area (Å²) in [5.41, 5.74) is 3.06. The third-order valence-electron chi connectivity index (χ3n) is 5.27. The Bertz CT molecular complexity index is 1150.